The lowest BCUT2D eigenvalue weighted by Gasteiger charge is -2.44. The third kappa shape index (κ3) is 5.87. The van der Waals surface area contributed by atoms with E-state index in [1.54, 1.807) is 0 Å². The number of nitrogens with zero attached hydrogens (tertiary/aromatic N) is 3. The van der Waals surface area contributed by atoms with Gasteiger partial charge in [0.2, 0.25) is 5.28 Å². The normalized spacial score (nSPS) is 26.3. The minimum Gasteiger partial charge on any atom is -0.463 e. The molecule has 13 heteroatoms. The second-order valence-corrected chi connectivity index (χ2v) is 6.40. The SMILES string of the molecule is CC(=O)OC[C@H]1O[C@@H](n2ncnc2Cl)[C@H](OC(C)=O)[C@@H](OC(C)=O)[C@@H]1OC(C)=O. The van der Waals surface area contributed by atoms with Crippen molar-refractivity contribution in [1.82, 2.24) is 14.8 Å². The Hall–Kier alpha value is -2.73. The Morgan fingerprint density at radius 2 is 1.52 bits per heavy atom. The van der Waals surface area contributed by atoms with E-state index in [1.807, 2.05) is 0 Å². The topological polar surface area (TPSA) is 145 Å². The molecule has 0 aliphatic carbocycles. The van der Waals surface area contributed by atoms with Crippen LogP contribution in [0.15, 0.2) is 6.33 Å². The molecule has 0 spiro atoms. The van der Waals surface area contributed by atoms with Gasteiger partial charge in [-0.05, 0) is 11.6 Å². The highest BCUT2D eigenvalue weighted by atomic mass is 35.5. The summed E-state index contributed by atoms with van der Waals surface area (Å²) in [4.78, 5) is 50.1. The number of carbonyl (C=O) groups is 4. The number of halogens is 1. The fourth-order valence-corrected chi connectivity index (χ4v) is 2.99. The first-order valence-corrected chi connectivity index (χ1v) is 8.83. The van der Waals surface area contributed by atoms with Crippen molar-refractivity contribution in [1.29, 1.82) is 0 Å². The van der Waals surface area contributed by atoms with Crippen LogP contribution in [-0.2, 0) is 42.9 Å². The van der Waals surface area contributed by atoms with Gasteiger partial charge in [0.1, 0.15) is 19.0 Å². The van der Waals surface area contributed by atoms with Gasteiger partial charge in [-0.25, -0.2) is 9.67 Å². The lowest BCUT2D eigenvalue weighted by atomic mass is 9.97. The highest BCUT2D eigenvalue weighted by molar-refractivity contribution is 6.28. The molecule has 1 aromatic rings. The molecular formula is C16H20ClN3O9. The molecule has 29 heavy (non-hydrogen) atoms. The van der Waals surface area contributed by atoms with Crippen LogP contribution >= 0.6 is 11.6 Å². The van der Waals surface area contributed by atoms with Crippen LogP contribution in [0.4, 0.5) is 0 Å². The quantitative estimate of drug-likeness (QED) is 0.447. The number of esters is 4. The Morgan fingerprint density at radius 3 is 2.00 bits per heavy atom. The van der Waals surface area contributed by atoms with Crippen LogP contribution < -0.4 is 0 Å². The van der Waals surface area contributed by atoms with Gasteiger partial charge in [0.15, 0.2) is 24.5 Å². The van der Waals surface area contributed by atoms with E-state index >= 15 is 0 Å². The third-order valence-electron chi connectivity index (χ3n) is 3.74. The van der Waals surface area contributed by atoms with Crippen molar-refractivity contribution in [2.24, 2.45) is 0 Å². The van der Waals surface area contributed by atoms with E-state index < -0.39 is 54.5 Å². The number of aromatic nitrogens is 3. The molecular weight excluding hydrogens is 414 g/mol. The molecule has 160 valence electrons. The van der Waals surface area contributed by atoms with Crippen LogP contribution in [0.25, 0.3) is 0 Å². The maximum absolute atomic E-state index is 11.7. The molecule has 5 atom stereocenters. The number of carbonyl (C=O) groups excluding carboxylic acids is 4. The Morgan fingerprint density at radius 1 is 0.966 bits per heavy atom. The number of hydrogen-bond donors (Lipinski definition) is 0. The number of rotatable bonds is 6. The molecule has 1 aromatic heterocycles. The Kier molecular flexibility index (Phi) is 7.51. The largest absolute Gasteiger partial charge is 0.463 e. The highest BCUT2D eigenvalue weighted by Crippen LogP contribution is 2.35. The van der Waals surface area contributed by atoms with Crippen LogP contribution in [-0.4, -0.2) is 69.7 Å². The van der Waals surface area contributed by atoms with E-state index in [0.717, 1.165) is 31.8 Å². The average Bonchev–Trinajstić information content (AvgIpc) is 3.01. The summed E-state index contributed by atoms with van der Waals surface area (Å²) in [7, 11) is 0. The van der Waals surface area contributed by atoms with Gasteiger partial charge < -0.3 is 23.7 Å². The minimum absolute atomic E-state index is 0.106. The molecule has 1 saturated heterocycles. The van der Waals surface area contributed by atoms with Crippen LogP contribution in [0.2, 0.25) is 5.28 Å². The molecule has 2 rings (SSSR count). The maximum atomic E-state index is 11.7. The third-order valence-corrected chi connectivity index (χ3v) is 4.01. The molecule has 12 nitrogen and oxygen atoms in total. The van der Waals surface area contributed by atoms with Crippen molar-refractivity contribution in [3.05, 3.63) is 11.6 Å². The molecule has 1 aliphatic heterocycles. The summed E-state index contributed by atoms with van der Waals surface area (Å²) in [5.74, 6) is -2.79. The molecule has 0 amide bonds. The smallest absolute Gasteiger partial charge is 0.303 e. The van der Waals surface area contributed by atoms with Gasteiger partial charge in [-0.2, -0.15) is 5.10 Å². The first-order chi connectivity index (χ1) is 13.6. The molecule has 1 aliphatic rings. The van der Waals surface area contributed by atoms with Gasteiger partial charge >= 0.3 is 23.9 Å². The predicted molar refractivity (Wildman–Crippen MR) is 92.2 cm³/mol. The molecule has 0 aromatic carbocycles. The van der Waals surface area contributed by atoms with E-state index in [2.05, 4.69) is 10.1 Å². The van der Waals surface area contributed by atoms with E-state index in [-0.39, 0.29) is 11.9 Å². The monoisotopic (exact) mass is 433 g/mol. The van der Waals surface area contributed by atoms with Crippen molar-refractivity contribution < 1.29 is 42.9 Å². The Labute approximate surface area is 170 Å². The fraction of sp³-hybridized carbons (Fsp3) is 0.625. The summed E-state index contributed by atoms with van der Waals surface area (Å²) in [5, 5.41) is 3.82. The zero-order valence-electron chi connectivity index (χ0n) is 16.1. The first kappa shape index (κ1) is 22.6. The molecule has 0 N–H and O–H groups in total. The van der Waals surface area contributed by atoms with Gasteiger partial charge in [0.25, 0.3) is 0 Å². The summed E-state index contributed by atoms with van der Waals surface area (Å²) >= 11 is 6.01. The van der Waals surface area contributed by atoms with Gasteiger partial charge in [0.05, 0.1) is 0 Å². The summed E-state index contributed by atoms with van der Waals surface area (Å²) in [6, 6.07) is 0. The second-order valence-electron chi connectivity index (χ2n) is 6.06. The summed E-state index contributed by atoms with van der Waals surface area (Å²) in [5.41, 5.74) is 0. The molecule has 1 fully saturated rings. The average molecular weight is 434 g/mol. The number of ether oxygens (including phenoxy) is 5. The van der Waals surface area contributed by atoms with Crippen LogP contribution in [0.3, 0.4) is 0 Å². The van der Waals surface area contributed by atoms with Gasteiger partial charge in [0, 0.05) is 27.7 Å². The summed E-state index contributed by atoms with van der Waals surface area (Å²) in [6.45, 7) is 4.23. The molecule has 0 saturated carbocycles. The molecule has 0 unspecified atom stereocenters. The zero-order valence-corrected chi connectivity index (χ0v) is 16.8. The lowest BCUT2D eigenvalue weighted by molar-refractivity contribution is -0.270. The van der Waals surface area contributed by atoms with Crippen LogP contribution in [0.5, 0.6) is 0 Å². The molecule has 0 radical (unpaired) electrons. The van der Waals surface area contributed by atoms with Crippen molar-refractivity contribution in [3.8, 4) is 0 Å². The zero-order chi connectivity index (χ0) is 21.7. The molecule has 0 bridgehead atoms. The highest BCUT2D eigenvalue weighted by Gasteiger charge is 2.53. The van der Waals surface area contributed by atoms with Crippen molar-refractivity contribution in [2.45, 2.75) is 58.3 Å². The van der Waals surface area contributed by atoms with E-state index in [0.29, 0.717) is 0 Å². The van der Waals surface area contributed by atoms with Gasteiger partial charge in [-0.15, -0.1) is 0 Å². The summed E-state index contributed by atoms with van der Waals surface area (Å²) in [6.07, 6.45) is -5.03. The standard InChI is InChI=1S/C16H20ClN3O9/c1-7(21)25-5-11-12(26-8(2)22)13(27-9(3)23)14(28-10(4)24)15(29-11)20-16(17)18-6-19-20/h6,11-15H,5H2,1-4H3/t11-,12-,13+,14-,15-/m1/s1. The van der Waals surface area contributed by atoms with E-state index in [4.69, 9.17) is 35.3 Å². The first-order valence-electron chi connectivity index (χ1n) is 8.45. The van der Waals surface area contributed by atoms with Crippen molar-refractivity contribution in [3.63, 3.8) is 0 Å². The van der Waals surface area contributed by atoms with Crippen LogP contribution in [0, 0.1) is 0 Å². The Bertz CT molecular complexity index is 783. The van der Waals surface area contributed by atoms with Gasteiger partial charge in [-0.1, -0.05) is 0 Å². The number of hydrogen-bond acceptors (Lipinski definition) is 11. The van der Waals surface area contributed by atoms with Crippen LogP contribution in [0.1, 0.15) is 33.9 Å². The minimum atomic E-state index is -1.31. The molecule has 2 heterocycles. The van der Waals surface area contributed by atoms with Crippen molar-refractivity contribution in [2.75, 3.05) is 6.61 Å². The lowest BCUT2D eigenvalue weighted by Crippen LogP contribution is -2.60. The second kappa shape index (κ2) is 9.65. The maximum Gasteiger partial charge on any atom is 0.303 e. The predicted octanol–water partition coefficient (Wildman–Crippen LogP) is 0.187. The van der Waals surface area contributed by atoms with E-state index in [1.165, 1.54) is 6.92 Å². The van der Waals surface area contributed by atoms with Crippen molar-refractivity contribution >= 4 is 35.5 Å². The Balaban J connectivity index is 2.51. The fourth-order valence-electron chi connectivity index (χ4n) is 2.81. The van der Waals surface area contributed by atoms with E-state index in [9.17, 15) is 19.2 Å². The van der Waals surface area contributed by atoms with Gasteiger partial charge in [-0.3, -0.25) is 19.2 Å². The summed E-state index contributed by atoms with van der Waals surface area (Å²) < 4.78 is 27.8.